The van der Waals surface area contributed by atoms with Gasteiger partial charge in [-0.15, -0.1) is 0 Å². The van der Waals surface area contributed by atoms with Gasteiger partial charge >= 0.3 is 6.16 Å². The molecule has 2 aromatic heterocycles. The number of ether oxygens (including phenoxy) is 2. The van der Waals surface area contributed by atoms with Crippen molar-refractivity contribution in [3.05, 3.63) is 89.9 Å². The molecule has 5 rings (SSSR count). The van der Waals surface area contributed by atoms with Gasteiger partial charge in [0.25, 0.3) is 5.89 Å². The summed E-state index contributed by atoms with van der Waals surface area (Å²) in [4.78, 5) is 34.8. The van der Waals surface area contributed by atoms with Crippen molar-refractivity contribution in [2.45, 2.75) is 19.4 Å². The maximum atomic E-state index is 12.7. The summed E-state index contributed by atoms with van der Waals surface area (Å²) in [7, 11) is 1.21. The van der Waals surface area contributed by atoms with Gasteiger partial charge in [-0.1, -0.05) is 54.6 Å². The zero-order valence-electron chi connectivity index (χ0n) is 21.7. The SMILES string of the molecule is COC(=O)Oc1cccc(-c2cnc(C(=O)CCc3ccc(-c4ccc(CN5CCSCC5)cc4)cc3)o2)n1. The second-order valence-corrected chi connectivity index (χ2v) is 10.4. The molecular formula is C30H29N3O5S. The van der Waals surface area contributed by atoms with Crippen LogP contribution in [0.5, 0.6) is 5.88 Å². The van der Waals surface area contributed by atoms with E-state index in [9.17, 15) is 9.59 Å². The molecule has 1 aliphatic heterocycles. The zero-order valence-corrected chi connectivity index (χ0v) is 22.5. The van der Waals surface area contributed by atoms with E-state index in [1.165, 1.54) is 42.0 Å². The van der Waals surface area contributed by atoms with E-state index < -0.39 is 6.16 Å². The van der Waals surface area contributed by atoms with Gasteiger partial charge in [0.2, 0.25) is 11.7 Å². The Hall–Kier alpha value is -3.95. The third-order valence-corrected chi connectivity index (χ3v) is 7.41. The minimum atomic E-state index is -0.873. The molecule has 0 atom stereocenters. The number of nitrogens with zero attached hydrogens (tertiary/aromatic N) is 3. The Morgan fingerprint density at radius 2 is 1.64 bits per heavy atom. The largest absolute Gasteiger partial charge is 0.514 e. The van der Waals surface area contributed by atoms with Crippen molar-refractivity contribution in [1.82, 2.24) is 14.9 Å². The summed E-state index contributed by atoms with van der Waals surface area (Å²) in [6.07, 6.45) is 1.40. The van der Waals surface area contributed by atoms with Crippen molar-refractivity contribution < 1.29 is 23.5 Å². The molecule has 1 saturated heterocycles. The molecule has 0 saturated carbocycles. The summed E-state index contributed by atoms with van der Waals surface area (Å²) in [6, 6.07) is 21.9. The van der Waals surface area contributed by atoms with Gasteiger partial charge in [-0.05, 0) is 34.7 Å². The van der Waals surface area contributed by atoms with Crippen LogP contribution in [0.2, 0.25) is 0 Å². The van der Waals surface area contributed by atoms with Gasteiger partial charge in [0, 0.05) is 43.6 Å². The Kier molecular flexibility index (Phi) is 8.70. The molecule has 3 heterocycles. The average Bonchev–Trinajstić information content (AvgIpc) is 3.48. The first-order chi connectivity index (χ1) is 19.1. The van der Waals surface area contributed by atoms with Crippen LogP contribution in [-0.2, 0) is 17.7 Å². The number of thioether (sulfide) groups is 1. The number of oxazole rings is 1. The Morgan fingerprint density at radius 1 is 0.949 bits per heavy atom. The molecule has 0 N–H and O–H groups in total. The Morgan fingerprint density at radius 3 is 2.33 bits per heavy atom. The second-order valence-electron chi connectivity index (χ2n) is 9.15. The highest BCUT2D eigenvalue weighted by molar-refractivity contribution is 7.99. The first kappa shape index (κ1) is 26.6. The lowest BCUT2D eigenvalue weighted by Gasteiger charge is -2.26. The zero-order chi connectivity index (χ0) is 27.0. The summed E-state index contributed by atoms with van der Waals surface area (Å²) in [5, 5.41) is 0. The van der Waals surface area contributed by atoms with Crippen molar-refractivity contribution >= 4 is 23.7 Å². The molecule has 4 aromatic rings. The molecule has 0 bridgehead atoms. The number of rotatable bonds is 9. The van der Waals surface area contributed by atoms with Gasteiger partial charge in [0.1, 0.15) is 5.69 Å². The number of hydrogen-bond acceptors (Lipinski definition) is 9. The van der Waals surface area contributed by atoms with Gasteiger partial charge in [-0.2, -0.15) is 11.8 Å². The predicted molar refractivity (Wildman–Crippen MR) is 150 cm³/mol. The topological polar surface area (TPSA) is 94.8 Å². The third kappa shape index (κ3) is 7.13. The number of ketones is 1. The summed E-state index contributed by atoms with van der Waals surface area (Å²) < 4.78 is 15.0. The van der Waals surface area contributed by atoms with Gasteiger partial charge in [-0.25, -0.2) is 14.8 Å². The van der Waals surface area contributed by atoms with E-state index in [0.717, 1.165) is 30.8 Å². The summed E-state index contributed by atoms with van der Waals surface area (Å²) in [5.41, 5.74) is 5.12. The van der Waals surface area contributed by atoms with Crippen LogP contribution in [0.3, 0.4) is 0 Å². The van der Waals surface area contributed by atoms with Crippen molar-refractivity contribution in [2.75, 3.05) is 31.7 Å². The van der Waals surface area contributed by atoms with Gasteiger partial charge in [0.15, 0.2) is 5.76 Å². The highest BCUT2D eigenvalue weighted by Gasteiger charge is 2.16. The first-order valence-electron chi connectivity index (χ1n) is 12.8. The quantitative estimate of drug-likeness (QED) is 0.188. The van der Waals surface area contributed by atoms with Gasteiger partial charge in [-0.3, -0.25) is 9.69 Å². The van der Waals surface area contributed by atoms with E-state index in [-0.39, 0.29) is 24.0 Å². The fourth-order valence-corrected chi connectivity index (χ4v) is 5.28. The maximum Gasteiger partial charge on any atom is 0.514 e. The number of methoxy groups -OCH3 is 1. The van der Waals surface area contributed by atoms with Crippen LogP contribution in [0.4, 0.5) is 4.79 Å². The highest BCUT2D eigenvalue weighted by Crippen LogP contribution is 2.24. The molecule has 0 amide bonds. The minimum Gasteiger partial charge on any atom is -0.437 e. The minimum absolute atomic E-state index is 0.0195. The van der Waals surface area contributed by atoms with E-state index in [4.69, 9.17) is 9.15 Å². The second kappa shape index (κ2) is 12.7. The van der Waals surface area contributed by atoms with Crippen LogP contribution in [-0.4, -0.2) is 58.5 Å². The molecule has 2 aromatic carbocycles. The lowest BCUT2D eigenvalue weighted by atomic mass is 10.0. The predicted octanol–water partition coefficient (Wildman–Crippen LogP) is 5.91. The molecule has 200 valence electrons. The molecule has 1 fully saturated rings. The van der Waals surface area contributed by atoms with Crippen molar-refractivity contribution in [2.24, 2.45) is 0 Å². The molecule has 0 aliphatic carbocycles. The highest BCUT2D eigenvalue weighted by atomic mass is 32.2. The smallest absolute Gasteiger partial charge is 0.437 e. The van der Waals surface area contributed by atoms with Crippen molar-refractivity contribution in [3.63, 3.8) is 0 Å². The monoisotopic (exact) mass is 543 g/mol. The number of aryl methyl sites for hydroxylation is 1. The molecular weight excluding hydrogens is 514 g/mol. The van der Waals surface area contributed by atoms with Crippen LogP contribution < -0.4 is 4.74 Å². The van der Waals surface area contributed by atoms with Crippen LogP contribution in [0, 0.1) is 0 Å². The van der Waals surface area contributed by atoms with Crippen molar-refractivity contribution in [1.29, 1.82) is 0 Å². The summed E-state index contributed by atoms with van der Waals surface area (Å²) in [6.45, 7) is 3.32. The third-order valence-electron chi connectivity index (χ3n) is 6.47. The van der Waals surface area contributed by atoms with Gasteiger partial charge in [0.05, 0.1) is 13.3 Å². The fourth-order valence-electron chi connectivity index (χ4n) is 4.31. The molecule has 9 heteroatoms. The lowest BCUT2D eigenvalue weighted by Crippen LogP contribution is -2.31. The molecule has 0 spiro atoms. The summed E-state index contributed by atoms with van der Waals surface area (Å²) in [5.74, 6) is 2.62. The standard InChI is InChI=1S/C30H29N3O5S/c1-36-30(35)38-28-4-2-3-25(32-28)27-19-31-29(37-27)26(34)14-9-21-5-10-23(11-6-21)24-12-7-22(8-13-24)20-33-15-17-39-18-16-33/h2-8,10-13,19H,9,14-18,20H2,1H3. The maximum absolute atomic E-state index is 12.7. The molecule has 0 radical (unpaired) electrons. The molecule has 0 unspecified atom stereocenters. The Balaban J connectivity index is 1.15. The number of hydrogen-bond donors (Lipinski definition) is 0. The van der Waals surface area contributed by atoms with Gasteiger partial charge < -0.3 is 13.9 Å². The normalized spacial score (nSPS) is 13.7. The summed E-state index contributed by atoms with van der Waals surface area (Å²) >= 11 is 2.03. The first-order valence-corrected chi connectivity index (χ1v) is 13.9. The van der Waals surface area contributed by atoms with Crippen LogP contribution in [0.25, 0.3) is 22.6 Å². The molecule has 39 heavy (non-hydrogen) atoms. The van der Waals surface area contributed by atoms with E-state index in [1.807, 2.05) is 11.8 Å². The van der Waals surface area contributed by atoms with E-state index >= 15 is 0 Å². The van der Waals surface area contributed by atoms with Crippen molar-refractivity contribution in [3.8, 4) is 28.5 Å². The Labute approximate surface area is 231 Å². The number of benzene rings is 2. The number of carbonyl (C=O) groups is 2. The van der Waals surface area contributed by atoms with E-state index in [1.54, 1.807) is 12.1 Å². The lowest BCUT2D eigenvalue weighted by molar-refractivity contribution is 0.0950. The Bertz CT molecular complexity index is 1410. The average molecular weight is 544 g/mol. The number of Topliss-reactive ketones (excluding diaryl/α,β-unsaturated/α-hetero) is 1. The van der Waals surface area contributed by atoms with Crippen LogP contribution in [0.15, 0.2) is 77.3 Å². The number of pyridine rings is 1. The van der Waals surface area contributed by atoms with E-state index in [0.29, 0.717) is 17.9 Å². The molecule has 8 nitrogen and oxygen atoms in total. The number of aromatic nitrogens is 2. The molecule has 1 aliphatic rings. The van der Waals surface area contributed by atoms with Crippen LogP contribution in [0.1, 0.15) is 28.2 Å². The van der Waals surface area contributed by atoms with E-state index in [2.05, 4.69) is 68.1 Å². The number of carbonyl (C=O) groups excluding carboxylic acids is 2. The van der Waals surface area contributed by atoms with Crippen LogP contribution >= 0.6 is 11.8 Å². The fraction of sp³-hybridized carbons (Fsp3) is 0.267.